The number of nitrogens with zero attached hydrogens (tertiary/aromatic N) is 2. The van der Waals surface area contributed by atoms with E-state index in [4.69, 9.17) is 11.6 Å². The molecule has 22 heavy (non-hydrogen) atoms. The molecule has 5 nitrogen and oxygen atoms in total. The van der Waals surface area contributed by atoms with Crippen molar-refractivity contribution >= 4 is 17.3 Å². The van der Waals surface area contributed by atoms with Gasteiger partial charge in [0.2, 0.25) is 0 Å². The van der Waals surface area contributed by atoms with E-state index < -0.39 is 11.0 Å². The van der Waals surface area contributed by atoms with Crippen LogP contribution in [-0.4, -0.2) is 28.5 Å². The molecule has 0 heterocycles. The maximum absolute atomic E-state index is 10.8. The predicted octanol–water partition coefficient (Wildman–Crippen LogP) is 3.41. The van der Waals surface area contributed by atoms with Crippen LogP contribution < -0.4 is 0 Å². The molecular weight excluding hydrogens is 304 g/mol. The Kier molecular flexibility index (Phi) is 5.49. The molecule has 1 N–H and O–H groups in total. The molecule has 2 rings (SSSR count). The number of nitro groups is 1. The van der Waals surface area contributed by atoms with Gasteiger partial charge in [-0.25, -0.2) is 0 Å². The van der Waals surface area contributed by atoms with Gasteiger partial charge in [-0.2, -0.15) is 0 Å². The second kappa shape index (κ2) is 7.35. The van der Waals surface area contributed by atoms with Crippen LogP contribution in [0.5, 0.6) is 0 Å². The van der Waals surface area contributed by atoms with Gasteiger partial charge in [-0.1, -0.05) is 35.9 Å². The third-order valence-electron chi connectivity index (χ3n) is 3.32. The van der Waals surface area contributed by atoms with Gasteiger partial charge in [0.25, 0.3) is 5.69 Å². The molecule has 2 aromatic rings. The van der Waals surface area contributed by atoms with Crippen LogP contribution in [0.25, 0.3) is 0 Å². The van der Waals surface area contributed by atoms with Crippen LogP contribution in [0.2, 0.25) is 5.02 Å². The molecule has 1 unspecified atom stereocenters. The first-order valence-electron chi connectivity index (χ1n) is 6.81. The van der Waals surface area contributed by atoms with Crippen molar-refractivity contribution in [1.29, 1.82) is 0 Å². The van der Waals surface area contributed by atoms with E-state index in [9.17, 15) is 15.2 Å². The number of aliphatic hydroxyl groups excluding tert-OH is 1. The number of nitro benzene ring substituents is 1. The lowest BCUT2D eigenvalue weighted by Crippen LogP contribution is -2.24. The van der Waals surface area contributed by atoms with Crippen molar-refractivity contribution in [2.45, 2.75) is 12.6 Å². The van der Waals surface area contributed by atoms with Gasteiger partial charge in [0.1, 0.15) is 0 Å². The quantitative estimate of drug-likeness (QED) is 0.654. The van der Waals surface area contributed by atoms with Crippen LogP contribution in [-0.2, 0) is 6.54 Å². The first kappa shape index (κ1) is 16.4. The average molecular weight is 321 g/mol. The fourth-order valence-corrected chi connectivity index (χ4v) is 2.34. The maximum Gasteiger partial charge on any atom is 0.269 e. The Bertz CT molecular complexity index is 646. The van der Waals surface area contributed by atoms with Crippen molar-refractivity contribution in [2.24, 2.45) is 0 Å². The van der Waals surface area contributed by atoms with E-state index in [1.807, 2.05) is 36.2 Å². The molecule has 0 saturated carbocycles. The minimum absolute atomic E-state index is 0.0168. The van der Waals surface area contributed by atoms with E-state index in [0.29, 0.717) is 23.7 Å². The number of rotatable bonds is 6. The monoisotopic (exact) mass is 320 g/mol. The molecule has 0 saturated heterocycles. The summed E-state index contributed by atoms with van der Waals surface area (Å²) in [5.74, 6) is 0. The smallest absolute Gasteiger partial charge is 0.269 e. The normalized spacial score (nSPS) is 12.4. The number of benzene rings is 2. The van der Waals surface area contributed by atoms with E-state index in [0.717, 1.165) is 5.56 Å². The largest absolute Gasteiger partial charge is 0.387 e. The van der Waals surface area contributed by atoms with E-state index in [-0.39, 0.29) is 5.69 Å². The number of halogens is 1. The predicted molar refractivity (Wildman–Crippen MR) is 85.8 cm³/mol. The Morgan fingerprint density at radius 1 is 1.27 bits per heavy atom. The molecule has 0 aliphatic heterocycles. The maximum atomic E-state index is 10.8. The number of hydrogen-bond acceptors (Lipinski definition) is 4. The lowest BCUT2D eigenvalue weighted by atomic mass is 10.1. The summed E-state index contributed by atoms with van der Waals surface area (Å²) in [6, 6.07) is 13.6. The summed E-state index contributed by atoms with van der Waals surface area (Å²) in [7, 11) is 1.88. The van der Waals surface area contributed by atoms with Gasteiger partial charge in [0.15, 0.2) is 0 Å². The van der Waals surface area contributed by atoms with Crippen LogP contribution in [0.1, 0.15) is 17.2 Å². The lowest BCUT2D eigenvalue weighted by Gasteiger charge is -2.20. The van der Waals surface area contributed by atoms with Crippen molar-refractivity contribution in [1.82, 2.24) is 4.90 Å². The van der Waals surface area contributed by atoms with E-state index >= 15 is 0 Å². The summed E-state index contributed by atoms with van der Waals surface area (Å²) in [4.78, 5) is 12.3. The second-order valence-electron chi connectivity index (χ2n) is 5.19. The fraction of sp³-hybridized carbons (Fsp3) is 0.250. The number of non-ortho nitro benzene ring substituents is 1. The van der Waals surface area contributed by atoms with Crippen LogP contribution in [0.3, 0.4) is 0 Å². The highest BCUT2D eigenvalue weighted by atomic mass is 35.5. The van der Waals surface area contributed by atoms with Crippen molar-refractivity contribution in [3.8, 4) is 0 Å². The topological polar surface area (TPSA) is 66.6 Å². The molecular formula is C16H17ClN2O3. The lowest BCUT2D eigenvalue weighted by molar-refractivity contribution is -0.385. The van der Waals surface area contributed by atoms with Crippen molar-refractivity contribution in [2.75, 3.05) is 13.6 Å². The van der Waals surface area contributed by atoms with Crippen LogP contribution >= 0.6 is 11.6 Å². The molecule has 0 bridgehead atoms. The SMILES string of the molecule is CN(Cc1ccc(Cl)cc1)CC(O)c1cccc([N+](=O)[O-])c1. The number of likely N-dealkylation sites (N-methyl/N-ethyl adjacent to an activating group) is 1. The van der Waals surface area contributed by atoms with Crippen molar-refractivity contribution in [3.05, 3.63) is 74.8 Å². The molecule has 0 fully saturated rings. The summed E-state index contributed by atoms with van der Waals surface area (Å²) in [6.07, 6.45) is -0.780. The van der Waals surface area contributed by atoms with E-state index in [1.54, 1.807) is 12.1 Å². The van der Waals surface area contributed by atoms with Crippen LogP contribution in [0.4, 0.5) is 5.69 Å². The number of hydrogen-bond donors (Lipinski definition) is 1. The third kappa shape index (κ3) is 4.53. The first-order chi connectivity index (χ1) is 10.5. The molecule has 116 valence electrons. The van der Waals surface area contributed by atoms with Crippen LogP contribution in [0.15, 0.2) is 48.5 Å². The summed E-state index contributed by atoms with van der Waals surface area (Å²) >= 11 is 5.84. The summed E-state index contributed by atoms with van der Waals surface area (Å²) < 4.78 is 0. The second-order valence-corrected chi connectivity index (χ2v) is 5.63. The van der Waals surface area contributed by atoms with Crippen LogP contribution in [0, 0.1) is 10.1 Å². The highest BCUT2D eigenvalue weighted by molar-refractivity contribution is 6.30. The summed E-state index contributed by atoms with van der Waals surface area (Å²) in [5, 5.41) is 21.7. The minimum atomic E-state index is -0.780. The van der Waals surface area contributed by atoms with Crippen molar-refractivity contribution < 1.29 is 10.0 Å². The first-order valence-corrected chi connectivity index (χ1v) is 7.19. The molecule has 0 amide bonds. The van der Waals surface area contributed by atoms with Gasteiger partial charge in [-0.05, 0) is 30.3 Å². The molecule has 0 spiro atoms. The average Bonchev–Trinajstić information content (AvgIpc) is 2.49. The third-order valence-corrected chi connectivity index (χ3v) is 3.57. The van der Waals surface area contributed by atoms with Gasteiger partial charge in [-0.3, -0.25) is 15.0 Å². The zero-order valence-electron chi connectivity index (χ0n) is 12.1. The Morgan fingerprint density at radius 3 is 2.59 bits per heavy atom. The molecule has 1 atom stereocenters. The van der Waals surface area contributed by atoms with E-state index in [1.165, 1.54) is 12.1 Å². The number of aliphatic hydroxyl groups is 1. The molecule has 0 aliphatic carbocycles. The highest BCUT2D eigenvalue weighted by Crippen LogP contribution is 2.20. The van der Waals surface area contributed by atoms with Crippen molar-refractivity contribution in [3.63, 3.8) is 0 Å². The van der Waals surface area contributed by atoms with E-state index in [2.05, 4.69) is 0 Å². The molecule has 2 aromatic carbocycles. The Hall–Kier alpha value is -1.95. The minimum Gasteiger partial charge on any atom is -0.387 e. The standard InChI is InChI=1S/C16H17ClN2O3/c1-18(10-12-5-7-14(17)8-6-12)11-16(20)13-3-2-4-15(9-13)19(21)22/h2-9,16,20H,10-11H2,1H3. The molecule has 0 radical (unpaired) electrons. The van der Waals surface area contributed by atoms with Gasteiger partial charge < -0.3 is 5.11 Å². The van der Waals surface area contributed by atoms with Gasteiger partial charge in [0, 0.05) is 30.2 Å². The Balaban J connectivity index is 1.98. The molecule has 6 heteroatoms. The summed E-state index contributed by atoms with van der Waals surface area (Å²) in [5.41, 5.74) is 1.60. The molecule has 0 aliphatic rings. The van der Waals surface area contributed by atoms with Gasteiger partial charge >= 0.3 is 0 Å². The fourth-order valence-electron chi connectivity index (χ4n) is 2.21. The highest BCUT2D eigenvalue weighted by Gasteiger charge is 2.14. The molecule has 0 aromatic heterocycles. The Labute approximate surface area is 133 Å². The van der Waals surface area contributed by atoms with Gasteiger partial charge in [0.05, 0.1) is 11.0 Å². The zero-order valence-corrected chi connectivity index (χ0v) is 12.9. The Morgan fingerprint density at radius 2 is 1.95 bits per heavy atom. The summed E-state index contributed by atoms with van der Waals surface area (Å²) in [6.45, 7) is 1.03. The van der Waals surface area contributed by atoms with Gasteiger partial charge in [-0.15, -0.1) is 0 Å². The zero-order chi connectivity index (χ0) is 16.1.